The molecule has 1 heterocycles. The molecule has 2 amide bonds. The van der Waals surface area contributed by atoms with Crippen molar-refractivity contribution in [2.24, 2.45) is 0 Å². The van der Waals surface area contributed by atoms with Gasteiger partial charge in [-0.05, 0) is 26.7 Å². The first-order chi connectivity index (χ1) is 7.88. The highest BCUT2D eigenvalue weighted by atomic mass is 16.4. The topological polar surface area (TPSA) is 60.9 Å². The number of carboxylic acid groups (broad SMARTS) is 1. The molecule has 1 aliphatic heterocycles. The van der Waals surface area contributed by atoms with E-state index in [0.717, 1.165) is 12.8 Å². The van der Waals surface area contributed by atoms with E-state index in [1.807, 2.05) is 13.8 Å². The monoisotopic (exact) mass is 238 g/mol. The Hall–Kier alpha value is -1.70. The van der Waals surface area contributed by atoms with Crippen molar-refractivity contribution in [1.82, 2.24) is 9.80 Å². The number of urea groups is 1. The van der Waals surface area contributed by atoms with E-state index in [-0.39, 0.29) is 24.7 Å². The van der Waals surface area contributed by atoms with Crippen LogP contribution in [0.2, 0.25) is 0 Å². The standard InChI is InChI=1S/C12H18N2O3/c1-4-7-13(9-10(15)16)11(17)14-8-5-6-12(14,2)3/h1H,5-9H2,2-3H3,(H,15,16). The quantitative estimate of drug-likeness (QED) is 0.746. The number of aliphatic carboxylic acids is 1. The number of carboxylic acids is 1. The molecule has 0 atom stereocenters. The maximum Gasteiger partial charge on any atom is 0.323 e. The number of nitrogens with zero attached hydrogens (tertiary/aromatic N) is 2. The molecule has 0 spiro atoms. The van der Waals surface area contributed by atoms with Crippen LogP contribution in [-0.2, 0) is 4.79 Å². The number of amides is 2. The summed E-state index contributed by atoms with van der Waals surface area (Å²) >= 11 is 0. The second-order valence-corrected chi connectivity index (χ2v) is 4.80. The first-order valence-corrected chi connectivity index (χ1v) is 5.60. The minimum atomic E-state index is -1.05. The van der Waals surface area contributed by atoms with Crippen LogP contribution in [0, 0.1) is 12.3 Å². The molecule has 1 saturated heterocycles. The van der Waals surface area contributed by atoms with Crippen molar-refractivity contribution < 1.29 is 14.7 Å². The lowest BCUT2D eigenvalue weighted by atomic mass is 10.0. The zero-order valence-corrected chi connectivity index (χ0v) is 10.3. The van der Waals surface area contributed by atoms with Crippen LogP contribution < -0.4 is 0 Å². The van der Waals surface area contributed by atoms with E-state index in [1.54, 1.807) is 4.90 Å². The van der Waals surface area contributed by atoms with Crippen LogP contribution >= 0.6 is 0 Å². The van der Waals surface area contributed by atoms with E-state index >= 15 is 0 Å². The summed E-state index contributed by atoms with van der Waals surface area (Å²) in [5.74, 6) is 1.27. The average Bonchev–Trinajstić information content (AvgIpc) is 2.56. The van der Waals surface area contributed by atoms with Gasteiger partial charge in [-0.1, -0.05) is 5.92 Å². The zero-order chi connectivity index (χ0) is 13.1. The molecule has 94 valence electrons. The van der Waals surface area contributed by atoms with E-state index in [9.17, 15) is 9.59 Å². The molecule has 1 N–H and O–H groups in total. The summed E-state index contributed by atoms with van der Waals surface area (Å²) in [6, 6.07) is -0.284. The number of carbonyl (C=O) groups is 2. The Labute approximate surface area is 101 Å². The lowest BCUT2D eigenvalue weighted by Gasteiger charge is -2.35. The predicted molar refractivity (Wildman–Crippen MR) is 63.5 cm³/mol. The maximum absolute atomic E-state index is 12.2. The molecule has 0 radical (unpaired) electrons. The summed E-state index contributed by atoms with van der Waals surface area (Å²) in [5.41, 5.74) is -0.220. The number of carbonyl (C=O) groups excluding carboxylic acids is 1. The minimum Gasteiger partial charge on any atom is -0.480 e. The molecule has 0 aromatic heterocycles. The predicted octanol–water partition coefficient (Wildman–Crippen LogP) is 1.00. The van der Waals surface area contributed by atoms with Crippen molar-refractivity contribution in [2.45, 2.75) is 32.2 Å². The Morgan fingerprint density at radius 2 is 2.18 bits per heavy atom. The van der Waals surface area contributed by atoms with Gasteiger partial charge in [0.05, 0.1) is 6.54 Å². The third-order valence-corrected chi connectivity index (χ3v) is 3.01. The summed E-state index contributed by atoms with van der Waals surface area (Å²) < 4.78 is 0. The lowest BCUT2D eigenvalue weighted by molar-refractivity contribution is -0.137. The summed E-state index contributed by atoms with van der Waals surface area (Å²) in [5, 5.41) is 8.75. The van der Waals surface area contributed by atoms with Crippen molar-refractivity contribution in [3.63, 3.8) is 0 Å². The van der Waals surface area contributed by atoms with Crippen molar-refractivity contribution in [3.05, 3.63) is 0 Å². The molecule has 0 unspecified atom stereocenters. The van der Waals surface area contributed by atoms with Gasteiger partial charge in [0.15, 0.2) is 0 Å². The Bertz CT molecular complexity index is 357. The second-order valence-electron chi connectivity index (χ2n) is 4.80. The van der Waals surface area contributed by atoms with Crippen molar-refractivity contribution in [1.29, 1.82) is 0 Å². The van der Waals surface area contributed by atoms with Gasteiger partial charge in [-0.15, -0.1) is 6.42 Å². The van der Waals surface area contributed by atoms with E-state index in [2.05, 4.69) is 5.92 Å². The number of terminal acetylenes is 1. The van der Waals surface area contributed by atoms with Crippen molar-refractivity contribution in [2.75, 3.05) is 19.6 Å². The number of hydrogen-bond donors (Lipinski definition) is 1. The SMILES string of the molecule is C#CCN(CC(=O)O)C(=O)N1CCCC1(C)C. The molecule has 0 saturated carbocycles. The third kappa shape index (κ3) is 3.13. The van der Waals surface area contributed by atoms with Gasteiger partial charge in [0, 0.05) is 12.1 Å². The molecule has 17 heavy (non-hydrogen) atoms. The Balaban J connectivity index is 2.77. The smallest absolute Gasteiger partial charge is 0.323 e. The average molecular weight is 238 g/mol. The Morgan fingerprint density at radius 3 is 2.59 bits per heavy atom. The molecule has 1 fully saturated rings. The van der Waals surface area contributed by atoms with Gasteiger partial charge in [-0.25, -0.2) is 4.79 Å². The van der Waals surface area contributed by atoms with Crippen LogP contribution in [0.1, 0.15) is 26.7 Å². The highest BCUT2D eigenvalue weighted by Gasteiger charge is 2.37. The third-order valence-electron chi connectivity index (χ3n) is 3.01. The van der Waals surface area contributed by atoms with Gasteiger partial charge < -0.3 is 14.9 Å². The van der Waals surface area contributed by atoms with E-state index < -0.39 is 5.97 Å². The van der Waals surface area contributed by atoms with Crippen molar-refractivity contribution >= 4 is 12.0 Å². The molecule has 5 heteroatoms. The van der Waals surface area contributed by atoms with Crippen LogP contribution in [0.5, 0.6) is 0 Å². The fourth-order valence-corrected chi connectivity index (χ4v) is 2.10. The first-order valence-electron chi connectivity index (χ1n) is 5.60. The normalized spacial score (nSPS) is 17.6. The fourth-order valence-electron chi connectivity index (χ4n) is 2.10. The molecule has 0 bridgehead atoms. The number of likely N-dealkylation sites (tertiary alicyclic amines) is 1. The molecule has 0 aliphatic carbocycles. The Kier molecular flexibility index (Phi) is 4.00. The fraction of sp³-hybridized carbons (Fsp3) is 0.667. The van der Waals surface area contributed by atoms with Crippen LogP contribution in [0.25, 0.3) is 0 Å². The van der Waals surface area contributed by atoms with Crippen LogP contribution in [-0.4, -0.2) is 52.1 Å². The van der Waals surface area contributed by atoms with Gasteiger partial charge in [0.1, 0.15) is 6.54 Å². The highest BCUT2D eigenvalue weighted by molar-refractivity contribution is 5.81. The van der Waals surface area contributed by atoms with Gasteiger partial charge in [-0.3, -0.25) is 4.79 Å². The number of hydrogen-bond acceptors (Lipinski definition) is 2. The van der Waals surface area contributed by atoms with Gasteiger partial charge in [-0.2, -0.15) is 0 Å². The van der Waals surface area contributed by atoms with Gasteiger partial charge in [0.2, 0.25) is 0 Å². The van der Waals surface area contributed by atoms with Crippen LogP contribution in [0.4, 0.5) is 4.79 Å². The van der Waals surface area contributed by atoms with Crippen LogP contribution in [0.15, 0.2) is 0 Å². The first kappa shape index (κ1) is 13.4. The van der Waals surface area contributed by atoms with E-state index in [0.29, 0.717) is 6.54 Å². The summed E-state index contributed by atoms with van der Waals surface area (Å²) in [6.07, 6.45) is 7.02. The summed E-state index contributed by atoms with van der Waals surface area (Å²) in [7, 11) is 0. The molecule has 0 aromatic rings. The molecule has 1 rings (SSSR count). The zero-order valence-electron chi connectivity index (χ0n) is 10.3. The Morgan fingerprint density at radius 1 is 1.53 bits per heavy atom. The number of rotatable bonds is 3. The van der Waals surface area contributed by atoms with Gasteiger partial charge in [0.25, 0.3) is 0 Å². The summed E-state index contributed by atoms with van der Waals surface area (Å²) in [6.45, 7) is 4.29. The molecular weight excluding hydrogens is 220 g/mol. The minimum absolute atomic E-state index is 0.0255. The largest absolute Gasteiger partial charge is 0.480 e. The summed E-state index contributed by atoms with van der Waals surface area (Å²) in [4.78, 5) is 25.8. The molecular formula is C12H18N2O3. The van der Waals surface area contributed by atoms with Crippen LogP contribution in [0.3, 0.4) is 0 Å². The maximum atomic E-state index is 12.2. The lowest BCUT2D eigenvalue weighted by Crippen LogP contribution is -2.51. The van der Waals surface area contributed by atoms with E-state index in [1.165, 1.54) is 4.90 Å². The highest BCUT2D eigenvalue weighted by Crippen LogP contribution is 2.29. The van der Waals surface area contributed by atoms with Gasteiger partial charge >= 0.3 is 12.0 Å². The molecule has 1 aliphatic rings. The second kappa shape index (κ2) is 5.09. The molecule has 5 nitrogen and oxygen atoms in total. The molecule has 0 aromatic carbocycles. The van der Waals surface area contributed by atoms with E-state index in [4.69, 9.17) is 11.5 Å². The van der Waals surface area contributed by atoms with Crippen molar-refractivity contribution in [3.8, 4) is 12.3 Å².